The lowest BCUT2D eigenvalue weighted by atomic mass is 9.95. The Morgan fingerprint density at radius 2 is 1.86 bits per heavy atom. The maximum Gasteiger partial charge on any atom is 0.165 e. The number of halogens is 2. The number of rotatable bonds is 5. The molecule has 0 fully saturated rings. The van der Waals surface area contributed by atoms with Gasteiger partial charge in [-0.05, 0) is 47.2 Å². The summed E-state index contributed by atoms with van der Waals surface area (Å²) in [5.41, 5.74) is 4.85. The predicted octanol–water partition coefficient (Wildman–Crippen LogP) is 5.44. The molecule has 1 nitrogen and oxygen atoms in total. The van der Waals surface area contributed by atoms with E-state index in [-0.39, 0.29) is 16.4 Å². The summed E-state index contributed by atoms with van der Waals surface area (Å²) in [5, 5.41) is 0. The third-order valence-corrected chi connectivity index (χ3v) is 4.76. The van der Waals surface area contributed by atoms with Crippen LogP contribution in [0.5, 0.6) is 5.75 Å². The van der Waals surface area contributed by atoms with Crippen LogP contribution in [0.4, 0.5) is 4.39 Å². The zero-order valence-electron chi connectivity index (χ0n) is 12.6. The molecule has 1 atom stereocenters. The summed E-state index contributed by atoms with van der Waals surface area (Å²) in [6, 6.07) is 11.6. The second-order valence-electron chi connectivity index (χ2n) is 5.00. The lowest BCUT2D eigenvalue weighted by molar-refractivity contribution is 0.386. The topological polar surface area (TPSA) is 9.23 Å². The molecule has 0 bridgehead atoms. The van der Waals surface area contributed by atoms with Crippen LogP contribution in [0.3, 0.4) is 0 Å². The summed E-state index contributed by atoms with van der Waals surface area (Å²) in [6.07, 6.45) is 1.98. The Labute approximate surface area is 134 Å². The van der Waals surface area contributed by atoms with E-state index < -0.39 is 0 Å². The summed E-state index contributed by atoms with van der Waals surface area (Å²) in [4.78, 5) is 0.0356. The second-order valence-corrected chi connectivity index (χ2v) is 5.91. The van der Waals surface area contributed by atoms with Gasteiger partial charge < -0.3 is 4.74 Å². The Morgan fingerprint density at radius 3 is 2.48 bits per heavy atom. The quantitative estimate of drug-likeness (QED) is 0.652. The second kappa shape index (κ2) is 7.08. The zero-order chi connectivity index (χ0) is 15.4. The molecule has 0 amide bonds. The van der Waals surface area contributed by atoms with Gasteiger partial charge in [-0.15, -0.1) is 0 Å². The van der Waals surface area contributed by atoms with Crippen molar-refractivity contribution in [3.05, 3.63) is 64.5 Å². The van der Waals surface area contributed by atoms with Gasteiger partial charge in [0, 0.05) is 0 Å². The molecule has 0 saturated carbocycles. The summed E-state index contributed by atoms with van der Waals surface area (Å²) >= 11 is 3.76. The van der Waals surface area contributed by atoms with E-state index in [2.05, 4.69) is 48.0 Å². The predicted molar refractivity (Wildman–Crippen MR) is 88.9 cm³/mol. The van der Waals surface area contributed by atoms with E-state index in [1.54, 1.807) is 12.1 Å². The van der Waals surface area contributed by atoms with Crippen molar-refractivity contribution in [1.82, 2.24) is 0 Å². The van der Waals surface area contributed by atoms with Gasteiger partial charge in [0.25, 0.3) is 0 Å². The Hall–Kier alpha value is -1.35. The molecule has 112 valence electrons. The fraction of sp³-hybridized carbons (Fsp3) is 0.333. The lowest BCUT2D eigenvalue weighted by Crippen LogP contribution is -2.01. The fourth-order valence-corrected chi connectivity index (χ4v) is 3.15. The van der Waals surface area contributed by atoms with E-state index in [0.29, 0.717) is 0 Å². The monoisotopic (exact) mass is 350 g/mol. The normalized spacial score (nSPS) is 12.2. The van der Waals surface area contributed by atoms with Gasteiger partial charge >= 0.3 is 0 Å². The molecule has 1 unspecified atom stereocenters. The first-order valence-corrected chi connectivity index (χ1v) is 8.11. The SMILES string of the molecule is CCc1ccc(CC)c(C(Br)c2ccc(F)c(OC)c2)c1. The van der Waals surface area contributed by atoms with Gasteiger partial charge in [0.15, 0.2) is 11.6 Å². The Kier molecular flexibility index (Phi) is 5.40. The molecule has 0 radical (unpaired) electrons. The molecule has 0 N–H and O–H groups in total. The summed E-state index contributed by atoms with van der Waals surface area (Å²) in [6.45, 7) is 4.30. The van der Waals surface area contributed by atoms with E-state index >= 15 is 0 Å². The van der Waals surface area contributed by atoms with Gasteiger partial charge in [-0.2, -0.15) is 0 Å². The number of methoxy groups -OCH3 is 1. The highest BCUT2D eigenvalue weighted by Gasteiger charge is 2.16. The number of benzene rings is 2. The van der Waals surface area contributed by atoms with Crippen LogP contribution in [0.15, 0.2) is 36.4 Å². The highest BCUT2D eigenvalue weighted by atomic mass is 79.9. The number of hydrogen-bond donors (Lipinski definition) is 0. The van der Waals surface area contributed by atoms with Crippen LogP contribution < -0.4 is 4.74 Å². The minimum atomic E-state index is -0.334. The van der Waals surface area contributed by atoms with Gasteiger partial charge in [-0.1, -0.05) is 54.0 Å². The van der Waals surface area contributed by atoms with E-state index in [0.717, 1.165) is 18.4 Å². The molecule has 0 aliphatic heterocycles. The van der Waals surface area contributed by atoms with Crippen molar-refractivity contribution in [2.24, 2.45) is 0 Å². The van der Waals surface area contributed by atoms with Gasteiger partial charge in [0.2, 0.25) is 0 Å². The van der Waals surface area contributed by atoms with Gasteiger partial charge in [0.05, 0.1) is 11.9 Å². The molecule has 0 heterocycles. The lowest BCUT2D eigenvalue weighted by Gasteiger charge is -2.17. The smallest absolute Gasteiger partial charge is 0.165 e. The average molecular weight is 351 g/mol. The minimum Gasteiger partial charge on any atom is -0.494 e. The van der Waals surface area contributed by atoms with Crippen molar-refractivity contribution < 1.29 is 9.13 Å². The molecule has 0 aromatic heterocycles. The number of ether oxygens (including phenoxy) is 1. The highest BCUT2D eigenvalue weighted by Crippen LogP contribution is 2.36. The van der Waals surface area contributed by atoms with Crippen molar-refractivity contribution in [1.29, 1.82) is 0 Å². The van der Waals surface area contributed by atoms with E-state index in [1.807, 2.05) is 0 Å². The van der Waals surface area contributed by atoms with E-state index in [1.165, 1.54) is 29.9 Å². The van der Waals surface area contributed by atoms with Crippen molar-refractivity contribution in [3.63, 3.8) is 0 Å². The van der Waals surface area contributed by atoms with Crippen molar-refractivity contribution in [3.8, 4) is 5.75 Å². The molecule has 2 aromatic carbocycles. The number of hydrogen-bond acceptors (Lipinski definition) is 1. The fourth-order valence-electron chi connectivity index (χ4n) is 2.44. The van der Waals surface area contributed by atoms with Crippen molar-refractivity contribution >= 4 is 15.9 Å². The third kappa shape index (κ3) is 3.46. The van der Waals surface area contributed by atoms with Crippen LogP contribution in [0, 0.1) is 5.82 Å². The van der Waals surface area contributed by atoms with Crippen LogP contribution in [0.2, 0.25) is 0 Å². The molecular formula is C18H20BrFO. The van der Waals surface area contributed by atoms with Gasteiger partial charge in [-0.25, -0.2) is 4.39 Å². The molecule has 0 aliphatic rings. The minimum absolute atomic E-state index is 0.0356. The third-order valence-electron chi connectivity index (χ3n) is 3.74. The molecule has 2 aromatic rings. The molecular weight excluding hydrogens is 331 g/mol. The molecule has 3 heteroatoms. The van der Waals surface area contributed by atoms with Gasteiger partial charge in [0.1, 0.15) is 0 Å². The van der Waals surface area contributed by atoms with Crippen molar-refractivity contribution in [2.75, 3.05) is 7.11 Å². The maximum absolute atomic E-state index is 13.6. The first-order chi connectivity index (χ1) is 10.1. The molecule has 0 spiro atoms. The summed E-state index contributed by atoms with van der Waals surface area (Å²) in [5.74, 6) is -0.0550. The summed E-state index contributed by atoms with van der Waals surface area (Å²) in [7, 11) is 1.49. The Bertz CT molecular complexity index is 625. The average Bonchev–Trinajstić information content (AvgIpc) is 2.54. The Morgan fingerprint density at radius 1 is 1.10 bits per heavy atom. The van der Waals surface area contributed by atoms with E-state index in [9.17, 15) is 4.39 Å². The standard InChI is InChI=1S/C18H20BrFO/c1-4-12-6-7-13(5-2)15(10-12)18(19)14-8-9-16(20)17(11-14)21-3/h6-11,18H,4-5H2,1-3H3. The zero-order valence-corrected chi connectivity index (χ0v) is 14.2. The number of aryl methyl sites for hydroxylation is 2. The molecule has 2 rings (SSSR count). The first-order valence-electron chi connectivity index (χ1n) is 7.19. The van der Waals surface area contributed by atoms with Gasteiger partial charge in [-0.3, -0.25) is 0 Å². The molecule has 0 aliphatic carbocycles. The molecule has 21 heavy (non-hydrogen) atoms. The van der Waals surface area contributed by atoms with Crippen molar-refractivity contribution in [2.45, 2.75) is 31.5 Å². The van der Waals surface area contributed by atoms with Crippen LogP contribution in [0.1, 0.15) is 40.9 Å². The molecule has 0 saturated heterocycles. The van der Waals surface area contributed by atoms with Crippen LogP contribution in [-0.2, 0) is 12.8 Å². The summed E-state index contributed by atoms with van der Waals surface area (Å²) < 4.78 is 18.6. The van der Waals surface area contributed by atoms with Crippen LogP contribution in [0.25, 0.3) is 0 Å². The van der Waals surface area contributed by atoms with Crippen LogP contribution >= 0.6 is 15.9 Å². The Balaban J connectivity index is 2.45. The highest BCUT2D eigenvalue weighted by molar-refractivity contribution is 9.09. The van der Waals surface area contributed by atoms with E-state index in [4.69, 9.17) is 4.74 Å². The van der Waals surface area contributed by atoms with Crippen LogP contribution in [-0.4, -0.2) is 7.11 Å². The number of alkyl halides is 1. The maximum atomic E-state index is 13.6. The first kappa shape index (κ1) is 16.0. The largest absolute Gasteiger partial charge is 0.494 e.